The number of carboxylic acid groups (broad SMARTS) is 1. The molecule has 0 aliphatic carbocycles. The van der Waals surface area contributed by atoms with E-state index in [1.165, 1.54) is 0 Å². The van der Waals surface area contributed by atoms with Gasteiger partial charge in [0.15, 0.2) is 0 Å². The van der Waals surface area contributed by atoms with Crippen LogP contribution in [-0.2, 0) is 14.3 Å². The number of nitrogens with zero attached hydrogens (tertiary/aromatic N) is 2. The number of aryl methyl sites for hydroxylation is 2. The van der Waals surface area contributed by atoms with Crippen molar-refractivity contribution in [3.63, 3.8) is 0 Å². The van der Waals surface area contributed by atoms with Crippen LogP contribution in [0.4, 0.5) is 11.4 Å². The molecule has 0 aromatic heterocycles. The van der Waals surface area contributed by atoms with E-state index in [1.54, 1.807) is 0 Å². The van der Waals surface area contributed by atoms with Crippen LogP contribution in [0.25, 0.3) is 0 Å². The van der Waals surface area contributed by atoms with Gasteiger partial charge in [-0.15, -0.1) is 0 Å². The first kappa shape index (κ1) is 36.4. The van der Waals surface area contributed by atoms with Crippen molar-refractivity contribution >= 4 is 39.2 Å². The Labute approximate surface area is 238 Å². The van der Waals surface area contributed by atoms with Gasteiger partial charge >= 0.3 is 26.7 Å². The Kier molecular flexibility index (Phi) is 19.0. The zero-order valence-electron chi connectivity index (χ0n) is 23.2. The number of piperidine rings is 2. The van der Waals surface area contributed by atoms with Gasteiger partial charge in [-0.2, -0.15) is 0 Å². The van der Waals surface area contributed by atoms with Gasteiger partial charge in [0.1, 0.15) is 0 Å². The first-order valence-electron chi connectivity index (χ1n) is 13.0. The Morgan fingerprint density at radius 1 is 0.923 bits per heavy atom. The predicted molar refractivity (Wildman–Crippen MR) is 166 cm³/mol. The third-order valence-corrected chi connectivity index (χ3v) is 6.56. The van der Waals surface area contributed by atoms with Crippen molar-refractivity contribution in [2.24, 2.45) is 11.8 Å². The number of aliphatic carboxylic acids is 1. The Morgan fingerprint density at radius 2 is 1.38 bits per heavy atom. The molecular formula is C29H48BN4O4P. The molecule has 8 nitrogen and oxygen atoms in total. The summed E-state index contributed by atoms with van der Waals surface area (Å²) < 4.78 is 8.77. The molecule has 0 radical (unpaired) electrons. The van der Waals surface area contributed by atoms with Crippen LogP contribution in [-0.4, -0.2) is 73.9 Å². The summed E-state index contributed by atoms with van der Waals surface area (Å²) >= 11 is 0. The van der Waals surface area contributed by atoms with E-state index in [-0.39, 0.29) is 25.2 Å². The Morgan fingerprint density at radius 3 is 1.79 bits per heavy atom. The molecule has 4 rings (SSSR count). The summed E-state index contributed by atoms with van der Waals surface area (Å²) in [4.78, 5) is 26.9. The number of anilines is 2. The fraction of sp³-hybridized carbons (Fsp3) is 0.517. The number of nitrogen functional groups attached to an aromatic ring is 1. The molecule has 39 heavy (non-hydrogen) atoms. The average molecular weight is 559 g/mol. The molecule has 0 bridgehead atoms. The first-order chi connectivity index (χ1) is 18.1. The molecular weight excluding hydrogens is 510 g/mol. The van der Waals surface area contributed by atoms with Crippen molar-refractivity contribution in [1.29, 1.82) is 0 Å². The third-order valence-electron chi connectivity index (χ3n) is 6.56. The van der Waals surface area contributed by atoms with Crippen LogP contribution in [0.5, 0.6) is 0 Å². The molecule has 1 amide bonds. The standard InChI is InChI=1S/C14H20N2O.C7H13NO2.C7H9N.CH4.BH2OP/c1-11-6-3-4-8-13(11)15-14(17)12-7-5-9-16(2)10-12;1-8-4-2-3-6(5-8)7(9)10;1-6-4-2-3-5-7(6)8;;2-1-3/h3-4,6,8,12H,5,7,9-10H2,1-2H3,(H,15,17);6H,2-5H2,1H3,(H,9,10);2-5H,8H2,1H3;1H4;3H2. The minimum atomic E-state index is -0.647. The fourth-order valence-electron chi connectivity index (χ4n) is 4.28. The molecule has 4 N–H and O–H groups in total. The fourth-order valence-corrected chi connectivity index (χ4v) is 4.28. The van der Waals surface area contributed by atoms with Crippen molar-refractivity contribution in [2.45, 2.75) is 47.0 Å². The Bertz CT molecular complexity index is 990. The van der Waals surface area contributed by atoms with Crippen molar-refractivity contribution in [2.75, 3.05) is 51.3 Å². The van der Waals surface area contributed by atoms with E-state index >= 15 is 0 Å². The number of carbonyl (C=O) groups excluding carboxylic acids is 1. The van der Waals surface area contributed by atoms with Crippen LogP contribution in [0, 0.1) is 25.7 Å². The van der Waals surface area contributed by atoms with Gasteiger partial charge < -0.3 is 26.0 Å². The second kappa shape index (κ2) is 20.3. The van der Waals surface area contributed by atoms with Gasteiger partial charge in [-0.1, -0.05) is 43.8 Å². The number of hydrogen-bond acceptors (Lipinski definition) is 6. The van der Waals surface area contributed by atoms with Crippen molar-refractivity contribution in [3.05, 3.63) is 59.7 Å². The Hall–Kier alpha value is -2.61. The zero-order chi connectivity index (χ0) is 28.5. The first-order valence-corrected chi connectivity index (χ1v) is 13.7. The van der Waals surface area contributed by atoms with Crippen LogP contribution in [0.15, 0.2) is 48.5 Å². The molecule has 0 spiro atoms. The minimum absolute atomic E-state index is 0. The molecule has 3 unspecified atom stereocenters. The van der Waals surface area contributed by atoms with Crippen molar-refractivity contribution < 1.29 is 19.4 Å². The molecule has 10 heteroatoms. The second-order valence-corrected chi connectivity index (χ2v) is 10.1. The van der Waals surface area contributed by atoms with Crippen LogP contribution in [0.1, 0.15) is 44.2 Å². The molecule has 2 fully saturated rings. The van der Waals surface area contributed by atoms with E-state index in [9.17, 15) is 9.59 Å². The van der Waals surface area contributed by atoms with E-state index in [2.05, 4.69) is 22.2 Å². The van der Waals surface area contributed by atoms with E-state index in [0.717, 1.165) is 74.4 Å². The molecule has 2 saturated heterocycles. The van der Waals surface area contributed by atoms with Gasteiger partial charge in [-0.05, 0) is 90.0 Å². The third kappa shape index (κ3) is 14.9. The SMILES string of the molecule is C.CN1CCCC(C(=O)O)C1.Cc1ccccc1N.Cc1ccccc1NC(=O)C1CCCN(C)C1.O=BP. The van der Waals surface area contributed by atoms with Gasteiger partial charge in [0.25, 0.3) is 0 Å². The van der Waals surface area contributed by atoms with Crippen molar-refractivity contribution in [1.82, 2.24) is 9.80 Å². The van der Waals surface area contributed by atoms with Gasteiger partial charge in [-0.25, -0.2) is 0 Å². The normalized spacial score (nSPS) is 18.6. The number of benzene rings is 2. The molecule has 2 aromatic rings. The average Bonchev–Trinajstić information content (AvgIpc) is 2.88. The number of amides is 1. The van der Waals surface area contributed by atoms with Crippen LogP contribution in [0.3, 0.4) is 0 Å². The predicted octanol–water partition coefficient (Wildman–Crippen LogP) is 4.73. The molecule has 0 saturated carbocycles. The maximum absolute atomic E-state index is 12.1. The van der Waals surface area contributed by atoms with Gasteiger partial charge in [0.05, 0.1) is 11.8 Å². The molecule has 3 atom stereocenters. The molecule has 2 heterocycles. The summed E-state index contributed by atoms with van der Waals surface area (Å²) in [5.41, 5.74) is 9.59. The summed E-state index contributed by atoms with van der Waals surface area (Å²) in [6.45, 7) is 8.42. The Balaban J connectivity index is 0.000000561. The number of likely N-dealkylation sites (tertiary alicyclic amines) is 2. The van der Waals surface area contributed by atoms with Crippen LogP contribution in [0.2, 0.25) is 0 Å². The molecule has 2 aliphatic rings. The summed E-state index contributed by atoms with van der Waals surface area (Å²) in [7, 11) is 5.94. The van der Waals surface area contributed by atoms with Gasteiger partial charge in [0.2, 0.25) is 5.91 Å². The van der Waals surface area contributed by atoms with E-state index in [0.29, 0.717) is 6.87 Å². The summed E-state index contributed by atoms with van der Waals surface area (Å²) in [6, 6.07) is 15.7. The number of hydrogen-bond donors (Lipinski definition) is 3. The number of rotatable bonds is 3. The van der Waals surface area contributed by atoms with Gasteiger partial charge in [-0.3, -0.25) is 9.59 Å². The monoisotopic (exact) mass is 558 g/mol. The second-order valence-electron chi connectivity index (χ2n) is 9.84. The molecule has 2 aliphatic heterocycles. The molecule has 216 valence electrons. The number of nitrogens with two attached hydrogens (primary N) is 1. The van der Waals surface area contributed by atoms with Crippen LogP contribution >= 0.6 is 9.12 Å². The van der Waals surface area contributed by atoms with Gasteiger partial charge in [0, 0.05) is 24.5 Å². The molecule has 2 aromatic carbocycles. The summed E-state index contributed by atoms with van der Waals surface area (Å²) in [6.07, 6.45) is 3.98. The number of carboxylic acids is 1. The van der Waals surface area contributed by atoms with Crippen LogP contribution < -0.4 is 11.1 Å². The number of nitrogens with one attached hydrogen (secondary N) is 1. The number of carbonyl (C=O) groups is 2. The van der Waals surface area contributed by atoms with Crippen molar-refractivity contribution in [3.8, 4) is 0 Å². The zero-order valence-corrected chi connectivity index (χ0v) is 24.4. The van der Waals surface area contributed by atoms with E-state index in [4.69, 9.17) is 15.5 Å². The van der Waals surface area contributed by atoms with E-state index < -0.39 is 5.97 Å². The number of para-hydroxylation sites is 2. The summed E-state index contributed by atoms with van der Waals surface area (Å²) in [5, 5.41) is 11.7. The van der Waals surface area contributed by atoms with E-state index in [1.807, 2.05) is 78.5 Å². The quantitative estimate of drug-likeness (QED) is 0.284. The maximum atomic E-state index is 12.1. The summed E-state index contributed by atoms with van der Waals surface area (Å²) in [5.74, 6) is -0.482. The topological polar surface area (TPSA) is 116 Å².